The van der Waals surface area contributed by atoms with Gasteiger partial charge in [-0.25, -0.2) is 9.79 Å². The number of ether oxygens (including phenoxy) is 1. The Morgan fingerprint density at radius 1 is 1.12 bits per heavy atom. The molecule has 0 atom stereocenters. The maximum Gasteiger partial charge on any atom is 0.335 e. The van der Waals surface area contributed by atoms with E-state index < -0.39 is 5.97 Å². The van der Waals surface area contributed by atoms with Crippen LogP contribution in [0.4, 0.5) is 5.69 Å². The van der Waals surface area contributed by atoms with Crippen LogP contribution in [0.2, 0.25) is 5.02 Å². The van der Waals surface area contributed by atoms with Crippen LogP contribution in [-0.4, -0.2) is 22.2 Å². The first-order valence-corrected chi connectivity index (χ1v) is 11.2. The van der Waals surface area contributed by atoms with Crippen molar-refractivity contribution < 1.29 is 19.4 Å². The van der Waals surface area contributed by atoms with Gasteiger partial charge < -0.3 is 15.2 Å². The zero-order chi connectivity index (χ0) is 23.4. The molecule has 166 valence electrons. The average Bonchev–Trinajstić information content (AvgIpc) is 3.15. The molecule has 0 aromatic heterocycles. The molecule has 3 aromatic rings. The molecule has 0 aliphatic carbocycles. The minimum Gasteiger partial charge on any atom is -0.488 e. The normalized spacial score (nSPS) is 15.6. The summed E-state index contributed by atoms with van der Waals surface area (Å²) in [5.74, 6) is -0.602. The predicted octanol–water partition coefficient (Wildman–Crippen LogP) is 5.82. The van der Waals surface area contributed by atoms with E-state index in [-0.39, 0.29) is 18.1 Å². The summed E-state index contributed by atoms with van der Waals surface area (Å²) in [4.78, 5) is 28.5. The smallest absolute Gasteiger partial charge is 0.335 e. The summed E-state index contributed by atoms with van der Waals surface area (Å²) in [6.45, 7) is 2.14. The largest absolute Gasteiger partial charge is 0.488 e. The second-order valence-corrected chi connectivity index (χ2v) is 8.63. The van der Waals surface area contributed by atoms with E-state index in [1.165, 1.54) is 23.9 Å². The number of amides is 1. The number of para-hydroxylation sites is 1. The number of amidine groups is 1. The van der Waals surface area contributed by atoms with Gasteiger partial charge in [0.1, 0.15) is 12.4 Å². The van der Waals surface area contributed by atoms with Crippen LogP contribution in [0.5, 0.6) is 5.75 Å². The minimum atomic E-state index is -0.972. The first-order chi connectivity index (χ1) is 15.9. The molecule has 2 N–H and O–H groups in total. The highest BCUT2D eigenvalue weighted by Gasteiger charge is 2.24. The Balaban J connectivity index is 1.51. The quantitative estimate of drug-likeness (QED) is 0.436. The molecule has 1 amide bonds. The molecule has 1 fully saturated rings. The Morgan fingerprint density at radius 3 is 2.64 bits per heavy atom. The molecule has 0 saturated carbocycles. The van der Waals surface area contributed by atoms with Crippen LogP contribution in [0, 0.1) is 6.92 Å². The van der Waals surface area contributed by atoms with Gasteiger partial charge in [0.15, 0.2) is 5.17 Å². The number of rotatable bonds is 6. The second-order valence-electron chi connectivity index (χ2n) is 7.19. The monoisotopic (exact) mass is 478 g/mol. The first-order valence-electron chi connectivity index (χ1n) is 9.99. The molecule has 3 aromatic carbocycles. The molecular formula is C25H19ClN2O4S. The van der Waals surface area contributed by atoms with E-state index in [0.29, 0.717) is 26.5 Å². The number of nitrogens with one attached hydrogen (secondary N) is 1. The van der Waals surface area contributed by atoms with Crippen molar-refractivity contribution in [3.63, 3.8) is 0 Å². The van der Waals surface area contributed by atoms with Crippen molar-refractivity contribution in [1.29, 1.82) is 0 Å². The lowest BCUT2D eigenvalue weighted by Gasteiger charge is -2.10. The SMILES string of the molecule is Cc1c(Cl)cccc1N=C1NC(=O)/C(=C/c2ccccc2OCc2ccc(C(=O)O)cc2)S1. The number of aromatic carboxylic acids is 1. The molecule has 1 aliphatic rings. The minimum absolute atomic E-state index is 0.221. The third kappa shape index (κ3) is 5.45. The highest BCUT2D eigenvalue weighted by molar-refractivity contribution is 8.18. The van der Waals surface area contributed by atoms with Gasteiger partial charge in [-0.3, -0.25) is 4.79 Å². The molecular weight excluding hydrogens is 460 g/mol. The summed E-state index contributed by atoms with van der Waals surface area (Å²) in [5, 5.41) is 12.9. The number of carbonyl (C=O) groups is 2. The predicted molar refractivity (Wildman–Crippen MR) is 131 cm³/mol. The van der Waals surface area contributed by atoms with Crippen LogP contribution in [0.3, 0.4) is 0 Å². The van der Waals surface area contributed by atoms with Gasteiger partial charge >= 0.3 is 5.97 Å². The molecule has 0 radical (unpaired) electrons. The molecule has 0 bridgehead atoms. The lowest BCUT2D eigenvalue weighted by molar-refractivity contribution is -0.115. The first kappa shape index (κ1) is 22.6. The maximum absolute atomic E-state index is 12.5. The average molecular weight is 479 g/mol. The third-order valence-electron chi connectivity index (χ3n) is 4.91. The van der Waals surface area contributed by atoms with Gasteiger partial charge in [-0.15, -0.1) is 0 Å². The fourth-order valence-corrected chi connectivity index (χ4v) is 4.08. The number of halogens is 1. The van der Waals surface area contributed by atoms with Crippen molar-refractivity contribution in [2.45, 2.75) is 13.5 Å². The number of carbonyl (C=O) groups excluding carboxylic acids is 1. The molecule has 0 unspecified atom stereocenters. The van der Waals surface area contributed by atoms with Crippen molar-refractivity contribution in [1.82, 2.24) is 5.32 Å². The summed E-state index contributed by atoms with van der Waals surface area (Å²) in [7, 11) is 0. The Bertz CT molecular complexity index is 1290. The molecule has 0 spiro atoms. The van der Waals surface area contributed by atoms with Gasteiger partial charge in [-0.05, 0) is 66.2 Å². The van der Waals surface area contributed by atoms with Gasteiger partial charge in [-0.2, -0.15) is 0 Å². The molecule has 8 heteroatoms. The van der Waals surface area contributed by atoms with Crippen LogP contribution in [-0.2, 0) is 11.4 Å². The van der Waals surface area contributed by atoms with E-state index in [9.17, 15) is 9.59 Å². The number of carboxylic acids is 1. The standard InChI is InChI=1S/C25H19ClN2O4S/c1-15-19(26)6-4-7-20(15)27-25-28-23(29)22(33-25)13-18-5-2-3-8-21(18)32-14-16-9-11-17(12-10-16)24(30)31/h2-13H,14H2,1H3,(H,30,31)(H,27,28,29)/b22-13-. The van der Waals surface area contributed by atoms with E-state index in [1.54, 1.807) is 24.3 Å². The number of thioether (sulfide) groups is 1. The van der Waals surface area contributed by atoms with Gasteiger partial charge in [0.2, 0.25) is 0 Å². The number of hydrogen-bond donors (Lipinski definition) is 2. The Morgan fingerprint density at radius 2 is 1.88 bits per heavy atom. The van der Waals surface area contributed by atoms with Crippen LogP contribution in [0.25, 0.3) is 6.08 Å². The molecule has 1 aliphatic heterocycles. The number of aliphatic imine (C=N–C) groups is 1. The maximum atomic E-state index is 12.5. The lowest BCUT2D eigenvalue weighted by atomic mass is 10.1. The van der Waals surface area contributed by atoms with Gasteiger partial charge in [0.25, 0.3) is 5.91 Å². The fourth-order valence-electron chi connectivity index (χ4n) is 3.08. The summed E-state index contributed by atoms with van der Waals surface area (Å²) >= 11 is 7.41. The van der Waals surface area contributed by atoms with E-state index >= 15 is 0 Å². The van der Waals surface area contributed by atoms with Crippen molar-refractivity contribution in [2.24, 2.45) is 4.99 Å². The summed E-state index contributed by atoms with van der Waals surface area (Å²) < 4.78 is 5.94. The number of benzene rings is 3. The molecule has 1 saturated heterocycles. The summed E-state index contributed by atoms with van der Waals surface area (Å²) in [5.41, 5.74) is 3.34. The van der Waals surface area contributed by atoms with Crippen molar-refractivity contribution in [3.05, 3.63) is 98.9 Å². The van der Waals surface area contributed by atoms with Crippen molar-refractivity contribution in [3.8, 4) is 5.75 Å². The lowest BCUT2D eigenvalue weighted by Crippen LogP contribution is -2.19. The van der Waals surface area contributed by atoms with Gasteiger partial charge in [-0.1, -0.05) is 48.0 Å². The highest BCUT2D eigenvalue weighted by Crippen LogP contribution is 2.32. The van der Waals surface area contributed by atoms with Crippen molar-refractivity contribution >= 4 is 52.2 Å². The number of hydrogen-bond acceptors (Lipinski definition) is 5. The highest BCUT2D eigenvalue weighted by atomic mass is 35.5. The number of carboxylic acid groups (broad SMARTS) is 1. The van der Waals surface area contributed by atoms with Crippen LogP contribution < -0.4 is 10.1 Å². The zero-order valence-electron chi connectivity index (χ0n) is 17.5. The van der Waals surface area contributed by atoms with Crippen LogP contribution >= 0.6 is 23.4 Å². The Hall–Kier alpha value is -3.55. The number of nitrogens with zero attached hydrogens (tertiary/aromatic N) is 1. The van der Waals surface area contributed by atoms with Crippen molar-refractivity contribution in [2.75, 3.05) is 0 Å². The van der Waals surface area contributed by atoms with E-state index in [0.717, 1.165) is 16.7 Å². The zero-order valence-corrected chi connectivity index (χ0v) is 19.1. The second kappa shape index (κ2) is 9.94. The van der Waals surface area contributed by atoms with E-state index in [1.807, 2.05) is 43.3 Å². The van der Waals surface area contributed by atoms with Gasteiger partial charge in [0.05, 0.1) is 16.2 Å². The topological polar surface area (TPSA) is 88.0 Å². The van der Waals surface area contributed by atoms with E-state index in [2.05, 4.69) is 10.3 Å². The Labute approximate surface area is 200 Å². The summed E-state index contributed by atoms with van der Waals surface area (Å²) in [6, 6.07) is 19.4. The molecule has 33 heavy (non-hydrogen) atoms. The Kier molecular flexibility index (Phi) is 6.82. The van der Waals surface area contributed by atoms with E-state index in [4.69, 9.17) is 21.4 Å². The van der Waals surface area contributed by atoms with Crippen LogP contribution in [0.1, 0.15) is 27.0 Å². The fraction of sp³-hybridized carbons (Fsp3) is 0.0800. The molecule has 4 rings (SSSR count). The van der Waals surface area contributed by atoms with Crippen LogP contribution in [0.15, 0.2) is 76.6 Å². The molecule has 1 heterocycles. The summed E-state index contributed by atoms with van der Waals surface area (Å²) in [6.07, 6.45) is 1.76. The third-order valence-corrected chi connectivity index (χ3v) is 6.23. The molecule has 6 nitrogen and oxygen atoms in total. The van der Waals surface area contributed by atoms with Gasteiger partial charge in [0, 0.05) is 10.6 Å².